The van der Waals surface area contributed by atoms with Crippen LogP contribution in [-0.2, 0) is 14.4 Å². The number of nitrogens with two attached hydrogens (primary N) is 1. The number of hydrogen-bond acceptors (Lipinski definition) is 7. The molecule has 3 heterocycles. The van der Waals surface area contributed by atoms with Crippen molar-refractivity contribution < 1.29 is 45.6 Å². The Hall–Kier alpha value is -4.82. The maximum Gasteiger partial charge on any atom is 0.389 e. The van der Waals surface area contributed by atoms with Gasteiger partial charge in [0.1, 0.15) is 12.0 Å². The molecule has 2 aliphatic rings. The van der Waals surface area contributed by atoms with Gasteiger partial charge in [-0.15, -0.1) is 0 Å². The largest absolute Gasteiger partial charge is 0.485 e. The van der Waals surface area contributed by atoms with E-state index in [4.69, 9.17) is 15.0 Å². The number of ether oxygens (including phenoxy) is 1. The van der Waals surface area contributed by atoms with E-state index < -0.39 is 73.8 Å². The maximum atomic E-state index is 14.9. The quantitative estimate of drug-likeness (QED) is 0.367. The third-order valence-corrected chi connectivity index (χ3v) is 7.34. The van der Waals surface area contributed by atoms with Crippen LogP contribution in [0.25, 0.3) is 0 Å². The fraction of sp³-hybridized carbons (Fsp3) is 0.345. The van der Waals surface area contributed by atoms with Gasteiger partial charge in [-0.3, -0.25) is 19.3 Å². The molecule has 0 fully saturated rings. The van der Waals surface area contributed by atoms with E-state index in [1.807, 2.05) is 0 Å². The number of nitrogens with zero attached hydrogens (tertiary/aromatic N) is 3. The second kappa shape index (κ2) is 11.7. The van der Waals surface area contributed by atoms with Gasteiger partial charge >= 0.3 is 6.18 Å². The third-order valence-electron chi connectivity index (χ3n) is 7.34. The van der Waals surface area contributed by atoms with Gasteiger partial charge in [0.05, 0.1) is 35.5 Å². The van der Waals surface area contributed by atoms with Crippen LogP contribution in [0.5, 0.6) is 5.75 Å². The number of rotatable bonds is 8. The molecule has 0 spiro atoms. The summed E-state index contributed by atoms with van der Waals surface area (Å²) in [6, 6.07) is 12.8. The molecule has 2 aromatic carbocycles. The average molecular weight is 620 g/mol. The predicted molar refractivity (Wildman–Crippen MR) is 145 cm³/mol. The zero-order chi connectivity index (χ0) is 31.8. The molecule has 0 aliphatic carbocycles. The van der Waals surface area contributed by atoms with Gasteiger partial charge in [0.2, 0.25) is 18.0 Å². The Morgan fingerprint density at radius 3 is 2.52 bits per heavy atom. The minimum Gasteiger partial charge on any atom is -0.485 e. The number of para-hydroxylation sites is 1. The fourth-order valence-corrected chi connectivity index (χ4v) is 5.33. The Labute approximate surface area is 247 Å². The molecule has 2 aliphatic heterocycles. The van der Waals surface area contributed by atoms with Crippen molar-refractivity contribution in [3.63, 3.8) is 0 Å². The second-order valence-electron chi connectivity index (χ2n) is 10.5. The van der Waals surface area contributed by atoms with E-state index in [1.54, 1.807) is 36.4 Å². The summed E-state index contributed by atoms with van der Waals surface area (Å²) in [4.78, 5) is 45.5. The molecule has 3 N–H and O–H groups in total. The molecule has 3 atom stereocenters. The van der Waals surface area contributed by atoms with Crippen LogP contribution in [0.1, 0.15) is 41.1 Å². The fourth-order valence-electron chi connectivity index (χ4n) is 5.33. The molecule has 1 aromatic heterocycles. The highest BCUT2D eigenvalue weighted by molar-refractivity contribution is 6.21. The smallest absolute Gasteiger partial charge is 0.389 e. The number of halogens is 5. The van der Waals surface area contributed by atoms with Gasteiger partial charge in [0, 0.05) is 23.1 Å². The highest BCUT2D eigenvalue weighted by Gasteiger charge is 2.46. The molecule has 0 saturated heterocycles. The molecule has 3 aromatic rings. The average Bonchev–Trinajstić information content (AvgIpc) is 3.27. The van der Waals surface area contributed by atoms with Crippen molar-refractivity contribution in [2.45, 2.75) is 43.9 Å². The van der Waals surface area contributed by atoms with E-state index in [0.29, 0.717) is 5.56 Å². The highest BCUT2D eigenvalue weighted by Crippen LogP contribution is 2.41. The van der Waals surface area contributed by atoms with Crippen molar-refractivity contribution in [3.8, 4) is 5.75 Å². The molecular formula is C29H26F5N5O5. The SMILES string of the molecule is Cc1nocc1[C@H](C(N)=O)[C@@H](CCC(F)(F)F)C(=O)N[C@H]1N=C(c2ccccc2)c2cccc3c2N(CC(F)(F)CO3)C1=O. The van der Waals surface area contributed by atoms with Crippen LogP contribution < -0.4 is 20.7 Å². The number of benzene rings is 2. The minimum atomic E-state index is -4.71. The van der Waals surface area contributed by atoms with E-state index in [-0.39, 0.29) is 34.0 Å². The molecule has 5 rings (SSSR count). The van der Waals surface area contributed by atoms with Crippen molar-refractivity contribution in [2.24, 2.45) is 16.6 Å². The first kappa shape index (κ1) is 30.6. The van der Waals surface area contributed by atoms with Crippen LogP contribution in [0.2, 0.25) is 0 Å². The Balaban J connectivity index is 1.60. The number of anilines is 1. The lowest BCUT2D eigenvalue weighted by Gasteiger charge is -2.28. The standard InChI is InChI=1S/C29H26F5N5O5/c1-15-19(12-44-38-15)21(24(35)40)17(10-11-29(32,33)34)26(41)37-25-27(42)39-13-28(30,31)14-43-20-9-5-8-18(23(20)39)22(36-25)16-6-3-2-4-7-16/h2-9,12,17,21,25H,10-11,13-14H2,1H3,(H2,35,40)(H,37,41)/t17-,21-,25-/m1/s1. The number of aryl methyl sites for hydroxylation is 1. The number of aromatic nitrogens is 1. The van der Waals surface area contributed by atoms with Crippen molar-refractivity contribution in [1.29, 1.82) is 0 Å². The number of nitrogens with one attached hydrogen (secondary N) is 1. The monoisotopic (exact) mass is 619 g/mol. The molecular weight excluding hydrogens is 593 g/mol. The van der Waals surface area contributed by atoms with Gasteiger partial charge in [0.15, 0.2) is 6.61 Å². The zero-order valence-electron chi connectivity index (χ0n) is 23.1. The third kappa shape index (κ3) is 6.26. The van der Waals surface area contributed by atoms with Crippen molar-refractivity contribution >= 4 is 29.1 Å². The first-order chi connectivity index (χ1) is 20.8. The van der Waals surface area contributed by atoms with Gasteiger partial charge in [-0.2, -0.15) is 13.2 Å². The van der Waals surface area contributed by atoms with E-state index >= 15 is 0 Å². The van der Waals surface area contributed by atoms with Gasteiger partial charge in [0.25, 0.3) is 11.8 Å². The van der Waals surface area contributed by atoms with E-state index in [2.05, 4.69) is 15.5 Å². The van der Waals surface area contributed by atoms with Crippen LogP contribution in [0.3, 0.4) is 0 Å². The first-order valence-electron chi connectivity index (χ1n) is 13.4. The van der Waals surface area contributed by atoms with Gasteiger partial charge < -0.3 is 20.3 Å². The molecule has 0 unspecified atom stereocenters. The Bertz CT molecular complexity index is 1610. The molecule has 3 amide bonds. The summed E-state index contributed by atoms with van der Waals surface area (Å²) in [6.45, 7) is -0.740. The van der Waals surface area contributed by atoms with Crippen LogP contribution in [0.15, 0.2) is 64.3 Å². The normalized spacial score (nSPS) is 19.0. The summed E-state index contributed by atoms with van der Waals surface area (Å²) >= 11 is 0. The number of alkyl halides is 5. The van der Waals surface area contributed by atoms with Crippen molar-refractivity contribution in [1.82, 2.24) is 10.5 Å². The summed E-state index contributed by atoms with van der Waals surface area (Å²) in [5.74, 6) is -10.3. The summed E-state index contributed by atoms with van der Waals surface area (Å²) in [7, 11) is 0. The lowest BCUT2D eigenvalue weighted by Crippen LogP contribution is -2.52. The van der Waals surface area contributed by atoms with Crippen LogP contribution in [-0.4, -0.2) is 60.0 Å². The molecule has 44 heavy (non-hydrogen) atoms. The lowest BCUT2D eigenvalue weighted by molar-refractivity contribution is -0.144. The summed E-state index contributed by atoms with van der Waals surface area (Å²) in [5, 5.41) is 5.96. The number of carbonyl (C=O) groups excluding carboxylic acids is 3. The van der Waals surface area contributed by atoms with Gasteiger partial charge in [-0.05, 0) is 19.4 Å². The first-order valence-corrected chi connectivity index (χ1v) is 13.4. The molecule has 0 saturated carbocycles. The van der Waals surface area contributed by atoms with Gasteiger partial charge in [-0.25, -0.2) is 13.8 Å². The van der Waals surface area contributed by atoms with E-state index in [0.717, 1.165) is 11.2 Å². The van der Waals surface area contributed by atoms with Crippen LogP contribution >= 0.6 is 0 Å². The molecule has 232 valence electrons. The molecule has 10 nitrogen and oxygen atoms in total. The van der Waals surface area contributed by atoms with Crippen LogP contribution in [0, 0.1) is 12.8 Å². The zero-order valence-corrected chi connectivity index (χ0v) is 23.1. The summed E-state index contributed by atoms with van der Waals surface area (Å²) < 4.78 is 79.9. The summed E-state index contributed by atoms with van der Waals surface area (Å²) in [6.07, 6.45) is -7.96. The Kier molecular flexibility index (Phi) is 8.14. The van der Waals surface area contributed by atoms with E-state index in [1.165, 1.54) is 19.1 Å². The molecule has 0 bridgehead atoms. The highest BCUT2D eigenvalue weighted by atomic mass is 19.4. The van der Waals surface area contributed by atoms with E-state index in [9.17, 15) is 36.3 Å². The molecule has 0 radical (unpaired) electrons. The summed E-state index contributed by atoms with van der Waals surface area (Å²) in [5.41, 5.74) is 6.49. The van der Waals surface area contributed by atoms with Crippen molar-refractivity contribution in [2.75, 3.05) is 18.1 Å². The maximum absolute atomic E-state index is 14.9. The Morgan fingerprint density at radius 1 is 1.16 bits per heavy atom. The van der Waals surface area contributed by atoms with Gasteiger partial charge in [-0.1, -0.05) is 47.6 Å². The second-order valence-corrected chi connectivity index (χ2v) is 10.5. The topological polar surface area (TPSA) is 140 Å². The number of primary amides is 1. The van der Waals surface area contributed by atoms with Crippen LogP contribution in [0.4, 0.5) is 27.6 Å². The Morgan fingerprint density at radius 2 is 1.89 bits per heavy atom. The predicted octanol–water partition coefficient (Wildman–Crippen LogP) is 3.86. The number of carbonyl (C=O) groups is 3. The molecule has 15 heteroatoms. The van der Waals surface area contributed by atoms with Crippen molar-refractivity contribution in [3.05, 3.63) is 77.2 Å². The number of amides is 3. The lowest BCUT2D eigenvalue weighted by atomic mass is 9.82. The number of aliphatic imine (C=N–C) groups is 1. The minimum absolute atomic E-state index is 0.00208. The number of hydrogen-bond donors (Lipinski definition) is 2.